The third-order valence-electron chi connectivity index (χ3n) is 9.61. The number of unbranched alkanes of at least 4 members (excludes halogenated alkanes) is 12. The van der Waals surface area contributed by atoms with Crippen molar-refractivity contribution in [3.8, 4) is 0 Å². The molecule has 15 heteroatoms. The van der Waals surface area contributed by atoms with Gasteiger partial charge in [0.2, 0.25) is 0 Å². The topological polar surface area (TPSA) is 121 Å². The fourth-order valence-corrected chi connectivity index (χ4v) is 38.8. The fraction of sp³-hybridized carbons (Fsp3) is 0.944. The Kier molecular flexibility index (Phi) is 23.9. The van der Waals surface area contributed by atoms with E-state index in [0.717, 1.165) is 38.5 Å². The molecular formula is C36H82O9Si6. The van der Waals surface area contributed by atoms with E-state index in [4.69, 9.17) is 20.6 Å². The molecule has 304 valence electrons. The quantitative estimate of drug-likeness (QED) is 0.0504. The zero-order valence-electron chi connectivity index (χ0n) is 35.6. The van der Waals surface area contributed by atoms with Gasteiger partial charge in [-0.05, 0) is 89.6 Å². The highest BCUT2D eigenvalue weighted by Crippen LogP contribution is 2.38. The van der Waals surface area contributed by atoms with Crippen molar-refractivity contribution in [2.75, 3.05) is 0 Å². The van der Waals surface area contributed by atoms with Crippen LogP contribution < -0.4 is 0 Å². The molecule has 0 amide bonds. The largest absolute Gasteiger partial charge is 0.481 e. The standard InChI is InChI=1S/C36H82O9Si6/c1-15-17-19-21-23-25-27-29-33(31-35(37)38)46(3,4)41-48(7,8)43-50(11,12)45-51(13,14)44-49(9,10)42-47(5,6)34(32-36(39)40)30-28-26-24-22-20-18-16-2/h33-34H,15-32H2,1-14H3,(H,37,38)(H,39,40). The smallest absolute Gasteiger partial charge is 0.314 e. The number of carboxylic acids is 2. The average molecular weight is 828 g/mol. The zero-order valence-corrected chi connectivity index (χ0v) is 41.6. The molecule has 0 fully saturated rings. The monoisotopic (exact) mass is 826 g/mol. The Hall–Kier alpha value is 0.0413. The maximum Gasteiger partial charge on any atom is 0.314 e. The van der Waals surface area contributed by atoms with Crippen molar-refractivity contribution in [3.05, 3.63) is 0 Å². The Morgan fingerprint density at radius 1 is 0.412 bits per heavy atom. The summed E-state index contributed by atoms with van der Waals surface area (Å²) in [6.45, 7) is 29.5. The lowest BCUT2D eigenvalue weighted by Gasteiger charge is -2.45. The van der Waals surface area contributed by atoms with E-state index in [9.17, 15) is 19.8 Å². The van der Waals surface area contributed by atoms with E-state index in [1.807, 2.05) is 26.2 Å². The second-order valence-electron chi connectivity index (χ2n) is 17.7. The van der Waals surface area contributed by atoms with Gasteiger partial charge < -0.3 is 30.8 Å². The normalized spacial score (nSPS) is 14.9. The van der Waals surface area contributed by atoms with Crippen LogP contribution in [0.3, 0.4) is 0 Å². The number of hydrogen-bond donors (Lipinski definition) is 2. The Morgan fingerprint density at radius 3 is 0.902 bits per heavy atom. The summed E-state index contributed by atoms with van der Waals surface area (Å²) in [6, 6.07) is 0. The van der Waals surface area contributed by atoms with Crippen molar-refractivity contribution >= 4 is 62.8 Å². The fourth-order valence-electron chi connectivity index (χ4n) is 7.80. The van der Waals surface area contributed by atoms with Crippen LogP contribution in [-0.4, -0.2) is 73.0 Å². The third kappa shape index (κ3) is 24.9. The number of rotatable bonds is 32. The van der Waals surface area contributed by atoms with Crippen molar-refractivity contribution in [2.24, 2.45) is 0 Å². The maximum absolute atomic E-state index is 11.9. The molecule has 0 aromatic carbocycles. The van der Waals surface area contributed by atoms with Crippen LogP contribution in [-0.2, 0) is 30.2 Å². The molecule has 0 aliphatic heterocycles. The zero-order chi connectivity index (χ0) is 39.6. The first-order valence-electron chi connectivity index (χ1n) is 20.2. The van der Waals surface area contributed by atoms with E-state index in [-0.39, 0.29) is 23.9 Å². The first-order valence-corrected chi connectivity index (χ1v) is 37.5. The summed E-state index contributed by atoms with van der Waals surface area (Å²) in [5.74, 6) is -1.52. The van der Waals surface area contributed by atoms with Crippen LogP contribution in [0.5, 0.6) is 0 Å². The summed E-state index contributed by atoms with van der Waals surface area (Å²) >= 11 is 0. The molecule has 0 rings (SSSR count). The van der Waals surface area contributed by atoms with E-state index in [2.05, 4.69) is 66.2 Å². The average Bonchev–Trinajstić information content (AvgIpc) is 2.91. The van der Waals surface area contributed by atoms with Gasteiger partial charge in [0.1, 0.15) is 0 Å². The molecule has 0 aromatic heterocycles. The first-order chi connectivity index (χ1) is 23.3. The molecule has 0 radical (unpaired) electrons. The SMILES string of the molecule is CCCCCCCCCC(CC(=O)O)[Si](C)(C)O[Si](C)(C)O[Si](C)(C)O[Si](C)(C)O[Si](C)(C)O[Si](C)(C)C(CCCCCCCCC)CC(=O)O. The molecule has 2 unspecified atom stereocenters. The Balaban J connectivity index is 5.47. The lowest BCUT2D eigenvalue weighted by atomic mass is 10.1. The molecule has 9 nitrogen and oxygen atoms in total. The van der Waals surface area contributed by atoms with Crippen LogP contribution in [0.2, 0.25) is 89.6 Å². The molecule has 0 spiro atoms. The van der Waals surface area contributed by atoms with E-state index in [0.29, 0.717) is 0 Å². The van der Waals surface area contributed by atoms with E-state index in [1.54, 1.807) is 0 Å². The predicted octanol–water partition coefficient (Wildman–Crippen LogP) is 12.3. The van der Waals surface area contributed by atoms with Crippen molar-refractivity contribution in [1.29, 1.82) is 0 Å². The Labute approximate surface area is 321 Å². The molecule has 0 saturated carbocycles. The molecule has 0 aliphatic rings. The van der Waals surface area contributed by atoms with Crippen molar-refractivity contribution in [1.82, 2.24) is 0 Å². The second-order valence-corrected chi connectivity index (χ2v) is 41.1. The van der Waals surface area contributed by atoms with E-state index < -0.39 is 62.8 Å². The van der Waals surface area contributed by atoms with E-state index in [1.165, 1.54) is 64.2 Å². The molecule has 0 aliphatic carbocycles. The van der Waals surface area contributed by atoms with Crippen LogP contribution >= 0.6 is 0 Å². The van der Waals surface area contributed by atoms with Gasteiger partial charge in [-0.1, -0.05) is 117 Å². The lowest BCUT2D eigenvalue weighted by molar-refractivity contribution is -0.138. The Bertz CT molecular complexity index is 916. The summed E-state index contributed by atoms with van der Waals surface area (Å²) < 4.78 is 34.2. The van der Waals surface area contributed by atoms with Gasteiger partial charge >= 0.3 is 46.2 Å². The molecule has 0 saturated heterocycles. The third-order valence-corrected chi connectivity index (χ3v) is 34.5. The maximum atomic E-state index is 11.9. The minimum absolute atomic E-state index is 0.0214. The molecule has 2 atom stereocenters. The van der Waals surface area contributed by atoms with Crippen molar-refractivity contribution in [2.45, 2.75) is 219 Å². The van der Waals surface area contributed by atoms with Crippen LogP contribution in [0.4, 0.5) is 0 Å². The molecule has 2 N–H and O–H groups in total. The number of carbonyl (C=O) groups is 2. The molecular weight excluding hydrogens is 745 g/mol. The van der Waals surface area contributed by atoms with Crippen LogP contribution in [0, 0.1) is 0 Å². The van der Waals surface area contributed by atoms with Gasteiger partial charge in [0.15, 0.2) is 16.6 Å². The van der Waals surface area contributed by atoms with Gasteiger partial charge in [-0.25, -0.2) is 0 Å². The highest BCUT2D eigenvalue weighted by atomic mass is 28.5. The van der Waals surface area contributed by atoms with E-state index >= 15 is 0 Å². The number of hydrogen-bond acceptors (Lipinski definition) is 7. The van der Waals surface area contributed by atoms with Gasteiger partial charge in [-0.3, -0.25) is 9.59 Å². The highest BCUT2D eigenvalue weighted by Gasteiger charge is 2.49. The summed E-state index contributed by atoms with van der Waals surface area (Å²) in [4.78, 5) is 23.8. The summed E-state index contributed by atoms with van der Waals surface area (Å²) in [5.41, 5.74) is 0.0427. The first kappa shape index (κ1) is 51.0. The summed E-state index contributed by atoms with van der Waals surface area (Å²) in [5, 5.41) is 19.5. The van der Waals surface area contributed by atoms with Gasteiger partial charge in [0.25, 0.3) is 0 Å². The minimum Gasteiger partial charge on any atom is -0.481 e. The second kappa shape index (κ2) is 23.8. The van der Waals surface area contributed by atoms with Gasteiger partial charge in [0.05, 0.1) is 0 Å². The van der Waals surface area contributed by atoms with Crippen LogP contribution in [0.15, 0.2) is 0 Å². The van der Waals surface area contributed by atoms with Gasteiger partial charge in [-0.15, -0.1) is 0 Å². The molecule has 0 bridgehead atoms. The molecule has 51 heavy (non-hydrogen) atoms. The number of aliphatic carboxylic acids is 2. The van der Waals surface area contributed by atoms with Crippen LogP contribution in [0.25, 0.3) is 0 Å². The highest BCUT2D eigenvalue weighted by molar-refractivity contribution is 6.91. The van der Waals surface area contributed by atoms with Crippen molar-refractivity contribution < 1.29 is 40.4 Å². The van der Waals surface area contributed by atoms with Gasteiger partial charge in [-0.2, -0.15) is 0 Å². The lowest BCUT2D eigenvalue weighted by Crippen LogP contribution is -2.60. The van der Waals surface area contributed by atoms with Gasteiger partial charge in [0, 0.05) is 12.8 Å². The predicted molar refractivity (Wildman–Crippen MR) is 228 cm³/mol. The summed E-state index contributed by atoms with van der Waals surface area (Å²) in [7, 11) is -15.8. The molecule has 0 aromatic rings. The molecule has 0 heterocycles. The Morgan fingerprint density at radius 2 is 0.647 bits per heavy atom. The van der Waals surface area contributed by atoms with Crippen LogP contribution in [0.1, 0.15) is 129 Å². The number of carboxylic acid groups (broad SMARTS) is 2. The minimum atomic E-state index is -2.74. The summed E-state index contributed by atoms with van der Waals surface area (Å²) in [6.07, 6.45) is 18.9. The van der Waals surface area contributed by atoms with Crippen molar-refractivity contribution in [3.63, 3.8) is 0 Å².